The minimum absolute atomic E-state index is 0.0445. The topological polar surface area (TPSA) is 143 Å². The van der Waals surface area contributed by atoms with Crippen LogP contribution in [0.15, 0.2) is 42.6 Å². The molecule has 0 fully saturated rings. The van der Waals surface area contributed by atoms with E-state index in [1.54, 1.807) is 0 Å². The second kappa shape index (κ2) is 12.4. The van der Waals surface area contributed by atoms with Gasteiger partial charge in [0.2, 0.25) is 11.8 Å². The number of carboxylic acid groups (broad SMARTS) is 2. The Morgan fingerprint density at radius 2 is 1.92 bits per heavy atom. The van der Waals surface area contributed by atoms with E-state index >= 15 is 0 Å². The van der Waals surface area contributed by atoms with E-state index in [1.807, 2.05) is 4.90 Å². The van der Waals surface area contributed by atoms with Crippen LogP contribution in [0.3, 0.4) is 0 Å². The number of hydrogen-bond donors (Lipinski definition) is 4. The summed E-state index contributed by atoms with van der Waals surface area (Å²) in [4.78, 5) is 51.2. The Morgan fingerprint density at radius 1 is 1.19 bits per heavy atom. The van der Waals surface area contributed by atoms with E-state index in [4.69, 9.17) is 10.2 Å². The quantitative estimate of drug-likeness (QED) is 0.398. The van der Waals surface area contributed by atoms with E-state index in [0.717, 1.165) is 38.2 Å². The zero-order valence-corrected chi connectivity index (χ0v) is 21.4. The summed E-state index contributed by atoms with van der Waals surface area (Å²) in [5.74, 6) is -2.61. The van der Waals surface area contributed by atoms with Crippen LogP contribution in [-0.2, 0) is 25.6 Å². The van der Waals surface area contributed by atoms with Gasteiger partial charge in [0.1, 0.15) is 6.54 Å². The second-order valence-corrected chi connectivity index (χ2v) is 9.06. The number of aliphatic carboxylic acids is 2. The number of amides is 2. The number of aromatic nitrogens is 1. The van der Waals surface area contributed by atoms with Gasteiger partial charge in [-0.25, -0.2) is 4.79 Å². The maximum atomic E-state index is 12.9. The molecule has 4 rings (SSSR count). The summed E-state index contributed by atoms with van der Waals surface area (Å²) in [6, 6.07) is 6.82. The van der Waals surface area contributed by atoms with Crippen molar-refractivity contribution >= 4 is 40.2 Å². The van der Waals surface area contributed by atoms with E-state index in [2.05, 4.69) is 66.6 Å². The van der Waals surface area contributed by atoms with Crippen molar-refractivity contribution in [1.29, 1.82) is 0 Å². The third kappa shape index (κ3) is 6.65. The lowest BCUT2D eigenvalue weighted by Crippen LogP contribution is -2.47. The minimum Gasteiger partial charge on any atom is -0.480 e. The third-order valence-electron chi connectivity index (χ3n) is 6.66. The lowest BCUT2D eigenvalue weighted by atomic mass is 9.79. The largest absolute Gasteiger partial charge is 0.480 e. The van der Waals surface area contributed by atoms with Crippen molar-refractivity contribution in [3.63, 3.8) is 0 Å². The fourth-order valence-electron chi connectivity index (χ4n) is 4.89. The summed E-state index contributed by atoms with van der Waals surface area (Å²) in [7, 11) is 2.15. The van der Waals surface area contributed by atoms with Crippen LogP contribution in [0, 0.1) is 5.92 Å². The Bertz CT molecular complexity index is 1230. The number of hydrogen-bond acceptors (Lipinski definition) is 5. The van der Waals surface area contributed by atoms with Crippen LogP contribution in [0.2, 0.25) is 0 Å². The average molecular weight is 511 g/mol. The molecule has 4 N–H and O–H groups in total. The minimum atomic E-state index is -1.15. The molecule has 0 bridgehead atoms. The van der Waals surface area contributed by atoms with Gasteiger partial charge in [-0.1, -0.05) is 24.3 Å². The van der Waals surface area contributed by atoms with Gasteiger partial charge in [-0.05, 0) is 50.1 Å². The highest BCUT2D eigenvalue weighted by molar-refractivity contribution is 5.99. The monoisotopic (exact) mass is 510 g/mol. The maximum absolute atomic E-state index is 12.9. The summed E-state index contributed by atoms with van der Waals surface area (Å²) in [6.45, 7) is 6.01. The van der Waals surface area contributed by atoms with E-state index in [0.29, 0.717) is 6.04 Å². The molecule has 1 aliphatic heterocycles. The van der Waals surface area contributed by atoms with Gasteiger partial charge in [0.15, 0.2) is 0 Å². The Balaban J connectivity index is 0.000000251. The Labute approximate surface area is 215 Å². The molecule has 1 aliphatic carbocycles. The molecular weight excluding hydrogens is 476 g/mol. The molecule has 2 atom stereocenters. The molecule has 2 heterocycles. The van der Waals surface area contributed by atoms with Crippen molar-refractivity contribution in [3.8, 4) is 0 Å². The molecule has 10 nitrogen and oxygen atoms in total. The summed E-state index contributed by atoms with van der Waals surface area (Å²) in [5.41, 5.74) is 5.21. The number of carbonyl (C=O) groups is 4. The number of benzene rings is 1. The number of carbonyl (C=O) groups excluding carboxylic acids is 2. The van der Waals surface area contributed by atoms with E-state index in [-0.39, 0.29) is 18.2 Å². The van der Waals surface area contributed by atoms with Crippen molar-refractivity contribution in [2.45, 2.75) is 32.7 Å². The number of aromatic amines is 1. The van der Waals surface area contributed by atoms with Gasteiger partial charge < -0.3 is 25.4 Å². The Hall–Kier alpha value is -3.92. The van der Waals surface area contributed by atoms with Crippen molar-refractivity contribution < 1.29 is 29.4 Å². The Morgan fingerprint density at radius 3 is 2.57 bits per heavy atom. The lowest BCUT2D eigenvalue weighted by Gasteiger charge is -2.40. The molecule has 198 valence electrons. The first-order valence-electron chi connectivity index (χ1n) is 12.3. The first-order chi connectivity index (χ1) is 17.7. The molecule has 0 saturated heterocycles. The van der Waals surface area contributed by atoms with Crippen molar-refractivity contribution in [1.82, 2.24) is 20.1 Å². The van der Waals surface area contributed by atoms with Gasteiger partial charge in [0.25, 0.3) is 0 Å². The standard InChI is InChI=1S/C20H25N3O.C7H9NO5/c1-4-23(5-2)20(24)14-9-16-15-7-6-8-17-19(15)13(11-21-17)10-18(16)22(3)12-14;9-5(8-4-7(12)13)2-1-3-6(10)11/h6-9,11,14,18,21H,4-5,10,12H2,1-3H3;1,3H,2,4H2,(H,8,9)(H,10,11)(H,12,13)/t14-,18-;/m1./s1. The van der Waals surface area contributed by atoms with Crippen LogP contribution in [0.5, 0.6) is 0 Å². The number of fused-ring (bicyclic) bond motifs is 2. The maximum Gasteiger partial charge on any atom is 0.327 e. The fraction of sp³-hybridized carbons (Fsp3) is 0.407. The first kappa shape index (κ1) is 27.7. The predicted octanol–water partition coefficient (Wildman–Crippen LogP) is 2.12. The highest BCUT2D eigenvalue weighted by Crippen LogP contribution is 2.40. The second-order valence-electron chi connectivity index (χ2n) is 9.06. The molecule has 0 spiro atoms. The SMILES string of the molecule is CCN(CC)C(=O)[C@@H]1C=C2c3cccc4[nH]cc(c34)C[C@H]2N(C)C1.O=C(O)C=CCC(=O)NCC(=O)O. The smallest absolute Gasteiger partial charge is 0.327 e. The number of rotatable bonds is 8. The van der Waals surface area contributed by atoms with Crippen LogP contribution < -0.4 is 5.32 Å². The van der Waals surface area contributed by atoms with Gasteiger partial charge in [-0.3, -0.25) is 19.3 Å². The summed E-state index contributed by atoms with van der Waals surface area (Å²) in [6.07, 6.45) is 7.23. The average Bonchev–Trinajstić information content (AvgIpc) is 3.28. The van der Waals surface area contributed by atoms with Crippen LogP contribution in [0.25, 0.3) is 16.5 Å². The summed E-state index contributed by atoms with van der Waals surface area (Å²) >= 11 is 0. The lowest BCUT2D eigenvalue weighted by molar-refractivity contribution is -0.138. The normalized spacial score (nSPS) is 18.4. The van der Waals surface area contributed by atoms with Crippen LogP contribution in [-0.4, -0.2) is 88.0 Å². The van der Waals surface area contributed by atoms with E-state index < -0.39 is 24.4 Å². The summed E-state index contributed by atoms with van der Waals surface area (Å²) in [5, 5.41) is 19.7. The Kier molecular flexibility index (Phi) is 9.24. The molecule has 2 aliphatic rings. The molecule has 0 radical (unpaired) electrons. The van der Waals surface area contributed by atoms with Crippen LogP contribution in [0.4, 0.5) is 0 Å². The van der Waals surface area contributed by atoms with E-state index in [9.17, 15) is 19.2 Å². The molecule has 2 aromatic rings. The zero-order valence-electron chi connectivity index (χ0n) is 21.4. The zero-order chi connectivity index (χ0) is 27.1. The van der Waals surface area contributed by atoms with Gasteiger partial charge in [0.05, 0.1) is 5.92 Å². The first-order valence-corrected chi connectivity index (χ1v) is 12.3. The number of nitrogens with zero attached hydrogens (tertiary/aromatic N) is 2. The highest BCUT2D eigenvalue weighted by atomic mass is 16.4. The van der Waals surface area contributed by atoms with Crippen LogP contribution in [0.1, 0.15) is 31.4 Å². The van der Waals surface area contributed by atoms with E-state index in [1.165, 1.54) is 27.6 Å². The van der Waals surface area contributed by atoms with Gasteiger partial charge >= 0.3 is 11.9 Å². The number of carboxylic acids is 2. The van der Waals surface area contributed by atoms with Gasteiger partial charge in [-0.15, -0.1) is 0 Å². The molecule has 0 saturated carbocycles. The van der Waals surface area contributed by atoms with Gasteiger partial charge in [0, 0.05) is 55.3 Å². The predicted molar refractivity (Wildman–Crippen MR) is 140 cm³/mol. The molecule has 1 aromatic heterocycles. The van der Waals surface area contributed by atoms with Crippen LogP contribution >= 0.6 is 0 Å². The van der Waals surface area contributed by atoms with Gasteiger partial charge in [-0.2, -0.15) is 0 Å². The number of likely N-dealkylation sites (N-methyl/N-ethyl adjacent to an activating group) is 1. The fourth-order valence-corrected chi connectivity index (χ4v) is 4.89. The van der Waals surface area contributed by atoms with Crippen molar-refractivity contribution in [2.24, 2.45) is 5.92 Å². The number of H-pyrrole nitrogens is 1. The molecule has 1 aromatic carbocycles. The third-order valence-corrected chi connectivity index (χ3v) is 6.66. The number of nitrogens with one attached hydrogen (secondary N) is 2. The molecule has 2 amide bonds. The molecule has 0 unspecified atom stereocenters. The van der Waals surface area contributed by atoms with Crippen molar-refractivity contribution in [2.75, 3.05) is 33.2 Å². The molecule has 37 heavy (non-hydrogen) atoms. The molecule has 10 heteroatoms. The summed E-state index contributed by atoms with van der Waals surface area (Å²) < 4.78 is 0. The highest BCUT2D eigenvalue weighted by Gasteiger charge is 2.36. The van der Waals surface area contributed by atoms with Crippen molar-refractivity contribution in [3.05, 3.63) is 53.8 Å². The molecular formula is C27H34N4O6.